The van der Waals surface area contributed by atoms with E-state index in [9.17, 15) is 4.79 Å². The molecule has 0 aliphatic heterocycles. The van der Waals surface area contributed by atoms with Crippen molar-refractivity contribution in [2.24, 2.45) is 12.8 Å². The Kier molecular flexibility index (Phi) is 7.74. The summed E-state index contributed by atoms with van der Waals surface area (Å²) in [4.78, 5) is 11.8. The molecule has 0 atom stereocenters. The van der Waals surface area contributed by atoms with Gasteiger partial charge in [-0.05, 0) is 26.7 Å². The van der Waals surface area contributed by atoms with Gasteiger partial charge in [0.25, 0.3) is 5.91 Å². The predicted octanol–water partition coefficient (Wildman–Crippen LogP) is 1.47. The Morgan fingerprint density at radius 3 is 2.38 bits per heavy atom. The average molecular weight is 319 g/mol. The molecule has 6 nitrogen and oxygen atoms in total. The third-order valence-corrected chi connectivity index (χ3v) is 3.84. The molecule has 1 aromatic rings. The Bertz CT molecular complexity index is 470. The van der Waals surface area contributed by atoms with Crippen LogP contribution in [0.25, 0.3) is 0 Å². The van der Waals surface area contributed by atoms with Crippen molar-refractivity contribution >= 4 is 18.3 Å². The van der Waals surface area contributed by atoms with Gasteiger partial charge in [0.05, 0.1) is 5.69 Å². The highest BCUT2D eigenvalue weighted by molar-refractivity contribution is 5.85. The van der Waals surface area contributed by atoms with E-state index in [0.29, 0.717) is 12.3 Å². The number of carbonyl (C=O) groups is 1. The first kappa shape index (κ1) is 19.7. The largest absolute Gasteiger partial charge is 0.480 e. The van der Waals surface area contributed by atoms with Gasteiger partial charge >= 0.3 is 0 Å². The second-order valence-corrected chi connectivity index (χ2v) is 5.26. The molecule has 0 radical (unpaired) electrons. The highest BCUT2D eigenvalue weighted by Crippen LogP contribution is 2.21. The lowest BCUT2D eigenvalue weighted by atomic mass is 9.94. The normalized spacial score (nSPS) is 11.0. The summed E-state index contributed by atoms with van der Waals surface area (Å²) >= 11 is 0. The van der Waals surface area contributed by atoms with Gasteiger partial charge in [-0.25, -0.2) is 0 Å². The molecular weight excluding hydrogens is 292 g/mol. The van der Waals surface area contributed by atoms with Crippen LogP contribution in [0.2, 0.25) is 0 Å². The minimum atomic E-state index is -0.338. The van der Waals surface area contributed by atoms with Crippen molar-refractivity contribution in [1.29, 1.82) is 0 Å². The van der Waals surface area contributed by atoms with E-state index >= 15 is 0 Å². The first-order valence-electron chi connectivity index (χ1n) is 7.01. The number of halogens is 1. The van der Waals surface area contributed by atoms with E-state index in [-0.39, 0.29) is 30.5 Å². The van der Waals surface area contributed by atoms with Gasteiger partial charge in [-0.2, -0.15) is 5.10 Å². The van der Waals surface area contributed by atoms with Crippen LogP contribution in [0, 0.1) is 13.8 Å². The summed E-state index contributed by atoms with van der Waals surface area (Å²) in [6.45, 7) is 8.26. The maximum Gasteiger partial charge on any atom is 0.258 e. The highest BCUT2D eigenvalue weighted by Gasteiger charge is 2.21. The molecule has 1 aromatic heterocycles. The molecule has 0 unspecified atom stereocenters. The van der Waals surface area contributed by atoms with Gasteiger partial charge in [0, 0.05) is 19.1 Å². The van der Waals surface area contributed by atoms with Crippen molar-refractivity contribution < 1.29 is 9.53 Å². The second-order valence-electron chi connectivity index (χ2n) is 5.26. The number of carbonyl (C=O) groups excluding carboxylic acids is 1. The number of hydrogen-bond acceptors (Lipinski definition) is 4. The van der Waals surface area contributed by atoms with Crippen molar-refractivity contribution in [3.05, 3.63) is 11.4 Å². The number of aryl methyl sites for hydroxylation is 2. The monoisotopic (exact) mass is 318 g/mol. The van der Waals surface area contributed by atoms with Gasteiger partial charge in [-0.1, -0.05) is 13.8 Å². The molecule has 21 heavy (non-hydrogen) atoms. The molecule has 0 aliphatic rings. The molecule has 0 bridgehead atoms. The number of nitrogens with two attached hydrogens (primary N) is 1. The maximum atomic E-state index is 11.8. The zero-order chi connectivity index (χ0) is 15.3. The summed E-state index contributed by atoms with van der Waals surface area (Å²) in [7, 11) is 1.85. The van der Waals surface area contributed by atoms with Gasteiger partial charge in [0.2, 0.25) is 0 Å². The molecule has 0 fully saturated rings. The Balaban J connectivity index is 0.00000400. The summed E-state index contributed by atoms with van der Waals surface area (Å²) in [6, 6.07) is 0. The fourth-order valence-corrected chi connectivity index (χ4v) is 1.93. The fourth-order valence-electron chi connectivity index (χ4n) is 1.93. The summed E-state index contributed by atoms with van der Waals surface area (Å²) in [5.41, 5.74) is 7.49. The van der Waals surface area contributed by atoms with Crippen LogP contribution in [0.1, 0.15) is 38.1 Å². The minimum Gasteiger partial charge on any atom is -0.480 e. The standard InChI is InChI=1S/C14H26N4O2.ClH/c1-6-14(15,7-2)9-16-12(19)8-20-13-10(3)17-18(5)11(13)4;/h6-9,15H2,1-5H3,(H,16,19);1H. The number of nitrogens with zero attached hydrogens (tertiary/aromatic N) is 2. The smallest absolute Gasteiger partial charge is 0.258 e. The third-order valence-electron chi connectivity index (χ3n) is 3.84. The SMILES string of the molecule is CCC(N)(CC)CNC(=O)COc1c(C)nn(C)c1C.Cl. The van der Waals surface area contributed by atoms with Crippen LogP contribution in [0.15, 0.2) is 0 Å². The quantitative estimate of drug-likeness (QED) is 0.797. The summed E-state index contributed by atoms with van der Waals surface area (Å²) in [6.07, 6.45) is 1.65. The van der Waals surface area contributed by atoms with Gasteiger partial charge < -0.3 is 15.8 Å². The number of rotatable bonds is 7. The zero-order valence-corrected chi connectivity index (χ0v) is 14.3. The van der Waals surface area contributed by atoms with Crippen LogP contribution in [0.4, 0.5) is 0 Å². The number of hydrogen-bond donors (Lipinski definition) is 2. The summed E-state index contributed by atoms with van der Waals surface area (Å²) < 4.78 is 7.28. The molecule has 1 amide bonds. The number of aromatic nitrogens is 2. The molecule has 1 heterocycles. The van der Waals surface area contributed by atoms with E-state index in [1.807, 2.05) is 34.7 Å². The van der Waals surface area contributed by atoms with E-state index in [1.54, 1.807) is 4.68 Å². The van der Waals surface area contributed by atoms with Crippen LogP contribution >= 0.6 is 12.4 Å². The van der Waals surface area contributed by atoms with E-state index in [0.717, 1.165) is 24.2 Å². The fraction of sp³-hybridized carbons (Fsp3) is 0.714. The lowest BCUT2D eigenvalue weighted by molar-refractivity contribution is -0.123. The topological polar surface area (TPSA) is 82.2 Å². The van der Waals surface area contributed by atoms with Crippen molar-refractivity contribution in [2.45, 2.75) is 46.1 Å². The lowest BCUT2D eigenvalue weighted by Gasteiger charge is -2.26. The Hall–Kier alpha value is -1.27. The van der Waals surface area contributed by atoms with Crippen LogP contribution < -0.4 is 15.8 Å². The molecular formula is C14H27ClN4O2. The van der Waals surface area contributed by atoms with Crippen LogP contribution in [-0.4, -0.2) is 34.4 Å². The number of ether oxygens (including phenoxy) is 1. The lowest BCUT2D eigenvalue weighted by Crippen LogP contribution is -2.50. The molecule has 0 aliphatic carbocycles. The van der Waals surface area contributed by atoms with Crippen LogP contribution in [-0.2, 0) is 11.8 Å². The second kappa shape index (κ2) is 8.24. The molecule has 3 N–H and O–H groups in total. The zero-order valence-electron chi connectivity index (χ0n) is 13.5. The van der Waals surface area contributed by atoms with Gasteiger partial charge in [0.15, 0.2) is 12.4 Å². The molecule has 1 rings (SSSR count). The maximum absolute atomic E-state index is 11.8. The molecule has 0 aromatic carbocycles. The average Bonchev–Trinajstić information content (AvgIpc) is 2.67. The van der Waals surface area contributed by atoms with Crippen molar-refractivity contribution in [2.75, 3.05) is 13.2 Å². The van der Waals surface area contributed by atoms with E-state index in [4.69, 9.17) is 10.5 Å². The molecule has 0 spiro atoms. The first-order valence-corrected chi connectivity index (χ1v) is 7.01. The minimum absolute atomic E-state index is 0. The Morgan fingerprint density at radius 1 is 1.38 bits per heavy atom. The predicted molar refractivity (Wildman–Crippen MR) is 85.9 cm³/mol. The van der Waals surface area contributed by atoms with E-state index in [1.165, 1.54) is 0 Å². The van der Waals surface area contributed by atoms with Gasteiger partial charge in [-0.3, -0.25) is 9.48 Å². The van der Waals surface area contributed by atoms with Gasteiger partial charge in [-0.15, -0.1) is 12.4 Å². The number of nitrogens with one attached hydrogen (secondary N) is 1. The van der Waals surface area contributed by atoms with E-state index in [2.05, 4.69) is 10.4 Å². The highest BCUT2D eigenvalue weighted by atomic mass is 35.5. The van der Waals surface area contributed by atoms with Crippen molar-refractivity contribution in [3.63, 3.8) is 0 Å². The Morgan fingerprint density at radius 2 is 1.95 bits per heavy atom. The van der Waals surface area contributed by atoms with Gasteiger partial charge in [0.1, 0.15) is 5.69 Å². The van der Waals surface area contributed by atoms with Crippen LogP contribution in [0.5, 0.6) is 5.75 Å². The molecule has 0 saturated heterocycles. The molecule has 7 heteroatoms. The third kappa shape index (κ3) is 5.21. The first-order chi connectivity index (χ1) is 9.33. The number of amides is 1. The van der Waals surface area contributed by atoms with Crippen molar-refractivity contribution in [3.8, 4) is 5.75 Å². The molecule has 0 saturated carbocycles. The van der Waals surface area contributed by atoms with Crippen molar-refractivity contribution in [1.82, 2.24) is 15.1 Å². The Labute approximate surface area is 132 Å². The summed E-state index contributed by atoms with van der Waals surface area (Å²) in [5.74, 6) is 0.511. The van der Waals surface area contributed by atoms with E-state index < -0.39 is 0 Å². The molecule has 122 valence electrons. The van der Waals surface area contributed by atoms with Crippen LogP contribution in [0.3, 0.4) is 0 Å². The summed E-state index contributed by atoms with van der Waals surface area (Å²) in [5, 5.41) is 7.07.